The minimum atomic E-state index is 0.0806. The fraction of sp³-hybridized carbons (Fsp3) is 0.765. The Hall–Kier alpha value is -0.620. The van der Waals surface area contributed by atoms with Gasteiger partial charge in [-0.2, -0.15) is 0 Å². The highest BCUT2D eigenvalue weighted by atomic mass is 33.1. The van der Waals surface area contributed by atoms with Gasteiger partial charge in [0.2, 0.25) is 11.8 Å². The van der Waals surface area contributed by atoms with Crippen LogP contribution in [0, 0.1) is 0 Å². The topological polar surface area (TPSA) is 58.2 Å². The monoisotopic (exact) mass is 360 g/mol. The smallest absolute Gasteiger partial charge is 0.221 e. The van der Waals surface area contributed by atoms with Crippen LogP contribution in [0.25, 0.3) is 0 Å². The molecule has 0 unspecified atom stereocenters. The van der Waals surface area contributed by atoms with E-state index >= 15 is 0 Å². The molecule has 0 rings (SSSR count). The Kier molecular flexibility index (Phi) is 17.3. The molecule has 0 aromatic carbocycles. The van der Waals surface area contributed by atoms with Crippen LogP contribution in [0.15, 0.2) is 12.2 Å². The zero-order valence-electron chi connectivity index (χ0n) is 14.6. The maximum atomic E-state index is 11.6. The first-order valence-corrected chi connectivity index (χ1v) is 11.1. The number of amides is 2. The molecule has 0 bridgehead atoms. The molecular formula is C17H32N2O2S2. The molecule has 0 fully saturated rings. The molecule has 0 aliphatic rings. The standard InChI is InChI=1S/C17H32N2O2S2/c1-3-5-7-8-9-13-19-17(21)11-15-23-22-14-10-16(20)18-12-6-4-2/h4,6H,3,5,7-15H2,1-2H3,(H,18,20)(H,19,21). The summed E-state index contributed by atoms with van der Waals surface area (Å²) in [5.41, 5.74) is 0. The van der Waals surface area contributed by atoms with Gasteiger partial charge in [-0.1, -0.05) is 66.3 Å². The lowest BCUT2D eigenvalue weighted by molar-refractivity contribution is -0.121. The van der Waals surface area contributed by atoms with E-state index in [9.17, 15) is 9.59 Å². The predicted octanol–water partition coefficient (Wildman–Crippen LogP) is 3.93. The van der Waals surface area contributed by atoms with Crippen LogP contribution in [0.5, 0.6) is 0 Å². The molecule has 0 aliphatic heterocycles. The predicted molar refractivity (Wildman–Crippen MR) is 104 cm³/mol. The Morgan fingerprint density at radius 2 is 1.52 bits per heavy atom. The van der Waals surface area contributed by atoms with Gasteiger partial charge in [-0.3, -0.25) is 9.59 Å². The van der Waals surface area contributed by atoms with Crippen molar-refractivity contribution in [2.45, 2.75) is 58.8 Å². The second-order valence-electron chi connectivity index (χ2n) is 5.28. The Morgan fingerprint density at radius 1 is 0.913 bits per heavy atom. The van der Waals surface area contributed by atoms with E-state index in [0.29, 0.717) is 19.4 Å². The molecule has 0 aliphatic carbocycles. The van der Waals surface area contributed by atoms with Gasteiger partial charge in [0.15, 0.2) is 0 Å². The molecule has 0 heterocycles. The first-order valence-electron chi connectivity index (χ1n) is 8.59. The van der Waals surface area contributed by atoms with Crippen LogP contribution in [0.4, 0.5) is 0 Å². The summed E-state index contributed by atoms with van der Waals surface area (Å²) in [7, 11) is 3.32. The second-order valence-corrected chi connectivity index (χ2v) is 7.98. The second kappa shape index (κ2) is 17.7. The van der Waals surface area contributed by atoms with E-state index in [1.54, 1.807) is 21.6 Å². The van der Waals surface area contributed by atoms with E-state index in [4.69, 9.17) is 0 Å². The van der Waals surface area contributed by atoms with Gasteiger partial charge in [0, 0.05) is 37.4 Å². The largest absolute Gasteiger partial charge is 0.356 e. The molecule has 0 atom stereocenters. The zero-order valence-corrected chi connectivity index (χ0v) is 16.2. The van der Waals surface area contributed by atoms with Crippen LogP contribution in [0.3, 0.4) is 0 Å². The summed E-state index contributed by atoms with van der Waals surface area (Å²) >= 11 is 0. The number of rotatable bonds is 15. The van der Waals surface area contributed by atoms with Crippen molar-refractivity contribution in [1.29, 1.82) is 0 Å². The lowest BCUT2D eigenvalue weighted by Gasteiger charge is -2.05. The molecule has 6 heteroatoms. The van der Waals surface area contributed by atoms with Gasteiger partial charge in [-0.05, 0) is 13.3 Å². The summed E-state index contributed by atoms with van der Waals surface area (Å²) in [4.78, 5) is 23.1. The molecule has 0 aromatic heterocycles. The minimum Gasteiger partial charge on any atom is -0.356 e. The maximum absolute atomic E-state index is 11.6. The van der Waals surface area contributed by atoms with Gasteiger partial charge in [0.25, 0.3) is 0 Å². The number of hydrogen-bond donors (Lipinski definition) is 2. The van der Waals surface area contributed by atoms with Crippen molar-refractivity contribution in [2.24, 2.45) is 0 Å². The highest BCUT2D eigenvalue weighted by Crippen LogP contribution is 2.22. The Labute approximate surface area is 149 Å². The molecule has 0 spiro atoms. The van der Waals surface area contributed by atoms with Crippen LogP contribution < -0.4 is 10.6 Å². The maximum Gasteiger partial charge on any atom is 0.221 e. The number of allylic oxidation sites excluding steroid dienone is 1. The first-order chi connectivity index (χ1) is 11.2. The average molecular weight is 361 g/mol. The van der Waals surface area contributed by atoms with Crippen molar-refractivity contribution in [3.8, 4) is 0 Å². The SMILES string of the molecule is CC=CCNC(=O)CCSSCCC(=O)NCCCCCCC. The van der Waals surface area contributed by atoms with Crippen LogP contribution in [0.2, 0.25) is 0 Å². The molecule has 134 valence electrons. The molecule has 23 heavy (non-hydrogen) atoms. The van der Waals surface area contributed by atoms with Crippen LogP contribution in [-0.4, -0.2) is 36.4 Å². The molecule has 0 radical (unpaired) electrons. The van der Waals surface area contributed by atoms with Gasteiger partial charge < -0.3 is 10.6 Å². The normalized spacial score (nSPS) is 10.9. The molecule has 2 amide bonds. The summed E-state index contributed by atoms with van der Waals surface area (Å²) < 4.78 is 0. The lowest BCUT2D eigenvalue weighted by Crippen LogP contribution is -2.24. The quantitative estimate of drug-likeness (QED) is 0.264. The van der Waals surface area contributed by atoms with Gasteiger partial charge >= 0.3 is 0 Å². The van der Waals surface area contributed by atoms with Crippen LogP contribution >= 0.6 is 21.6 Å². The van der Waals surface area contributed by atoms with Crippen molar-refractivity contribution in [3.05, 3.63) is 12.2 Å². The Morgan fingerprint density at radius 3 is 2.13 bits per heavy atom. The fourth-order valence-corrected chi connectivity index (χ4v) is 3.79. The minimum absolute atomic E-state index is 0.0806. The van der Waals surface area contributed by atoms with Crippen molar-refractivity contribution in [3.63, 3.8) is 0 Å². The van der Waals surface area contributed by atoms with Gasteiger partial charge in [0.1, 0.15) is 0 Å². The molecule has 0 aromatic rings. The van der Waals surface area contributed by atoms with Gasteiger partial charge in [0.05, 0.1) is 0 Å². The van der Waals surface area contributed by atoms with Gasteiger partial charge in [-0.25, -0.2) is 0 Å². The zero-order chi connectivity index (χ0) is 17.2. The highest BCUT2D eigenvalue weighted by molar-refractivity contribution is 8.76. The third kappa shape index (κ3) is 17.6. The third-order valence-electron chi connectivity index (χ3n) is 3.16. The number of carbonyl (C=O) groups is 2. The summed E-state index contributed by atoms with van der Waals surface area (Å²) in [5.74, 6) is 1.80. The van der Waals surface area contributed by atoms with E-state index in [1.807, 2.05) is 19.1 Å². The lowest BCUT2D eigenvalue weighted by atomic mass is 10.1. The van der Waals surface area contributed by atoms with E-state index < -0.39 is 0 Å². The van der Waals surface area contributed by atoms with E-state index in [0.717, 1.165) is 24.5 Å². The molecule has 4 nitrogen and oxygen atoms in total. The fourth-order valence-electron chi connectivity index (χ4n) is 1.81. The van der Waals surface area contributed by atoms with E-state index in [2.05, 4.69) is 17.6 Å². The Balaban J connectivity index is 3.30. The summed E-state index contributed by atoms with van der Waals surface area (Å²) in [6, 6.07) is 0. The Bertz CT molecular complexity index is 337. The van der Waals surface area contributed by atoms with Crippen molar-refractivity contribution in [1.82, 2.24) is 10.6 Å². The molecule has 2 N–H and O–H groups in total. The third-order valence-corrected chi connectivity index (χ3v) is 5.57. The summed E-state index contributed by atoms with van der Waals surface area (Å²) in [6.07, 6.45) is 11.0. The van der Waals surface area contributed by atoms with E-state index in [1.165, 1.54) is 25.7 Å². The molecular weight excluding hydrogens is 328 g/mol. The molecule has 0 saturated heterocycles. The number of unbranched alkanes of at least 4 members (excludes halogenated alkanes) is 4. The van der Waals surface area contributed by atoms with Crippen LogP contribution in [-0.2, 0) is 9.59 Å². The van der Waals surface area contributed by atoms with Gasteiger partial charge in [-0.15, -0.1) is 0 Å². The first kappa shape index (κ1) is 22.4. The summed E-state index contributed by atoms with van der Waals surface area (Å²) in [6.45, 7) is 5.54. The number of nitrogens with one attached hydrogen (secondary N) is 2. The average Bonchev–Trinajstić information content (AvgIpc) is 2.54. The molecule has 0 saturated carbocycles. The van der Waals surface area contributed by atoms with E-state index in [-0.39, 0.29) is 11.8 Å². The number of carbonyl (C=O) groups excluding carboxylic acids is 2. The number of hydrogen-bond acceptors (Lipinski definition) is 4. The van der Waals surface area contributed by atoms with Crippen molar-refractivity contribution in [2.75, 3.05) is 24.6 Å². The highest BCUT2D eigenvalue weighted by Gasteiger charge is 2.02. The van der Waals surface area contributed by atoms with Crippen molar-refractivity contribution >= 4 is 33.4 Å². The summed E-state index contributed by atoms with van der Waals surface area (Å²) in [5, 5.41) is 5.79. The van der Waals surface area contributed by atoms with Crippen molar-refractivity contribution < 1.29 is 9.59 Å². The van der Waals surface area contributed by atoms with Crippen LogP contribution in [0.1, 0.15) is 58.8 Å².